The van der Waals surface area contributed by atoms with Gasteiger partial charge in [0.25, 0.3) is 0 Å². The van der Waals surface area contributed by atoms with Gasteiger partial charge in [0.05, 0.1) is 5.56 Å². The molecule has 21 heavy (non-hydrogen) atoms. The summed E-state index contributed by atoms with van der Waals surface area (Å²) in [5, 5.41) is 14.4. The van der Waals surface area contributed by atoms with E-state index in [1.54, 1.807) is 19.1 Å². The van der Waals surface area contributed by atoms with Crippen molar-refractivity contribution in [2.45, 2.75) is 19.8 Å². The number of carboxylic acid groups (broad SMARTS) is 1. The average Bonchev–Trinajstić information content (AvgIpc) is 2.91. The molecule has 0 radical (unpaired) electrons. The van der Waals surface area contributed by atoms with Gasteiger partial charge in [-0.25, -0.2) is 9.59 Å². The van der Waals surface area contributed by atoms with E-state index in [1.165, 1.54) is 6.07 Å². The molecule has 1 heterocycles. The number of aromatic carboxylic acids is 1. The number of hydrogen-bond donors (Lipinski definition) is 3. The van der Waals surface area contributed by atoms with E-state index in [1.807, 2.05) is 0 Å². The molecule has 114 valence electrons. The van der Waals surface area contributed by atoms with Gasteiger partial charge in [-0.15, -0.1) is 0 Å². The molecule has 1 unspecified atom stereocenters. The monoisotopic (exact) mass is 292 g/mol. The summed E-state index contributed by atoms with van der Waals surface area (Å²) in [6.07, 6.45) is 1.96. The topological polar surface area (TPSA) is 87.7 Å². The second-order valence-electron chi connectivity index (χ2n) is 5.23. The third-order valence-corrected chi connectivity index (χ3v) is 3.58. The number of carbonyl (C=O) groups excluding carboxylic acids is 1. The Bertz CT molecular complexity index is 524. The number of carbonyl (C=O) groups is 2. The van der Waals surface area contributed by atoms with Crippen molar-refractivity contribution in [1.82, 2.24) is 5.32 Å². The molecule has 2 rings (SSSR count). The lowest BCUT2D eigenvalue weighted by atomic mass is 10.1. The summed E-state index contributed by atoms with van der Waals surface area (Å²) in [5.74, 6) is -0.440. The average molecular weight is 292 g/mol. The molecule has 0 aromatic heterocycles. The minimum Gasteiger partial charge on any atom is -0.478 e. The predicted molar refractivity (Wildman–Crippen MR) is 78.7 cm³/mol. The summed E-state index contributed by atoms with van der Waals surface area (Å²) in [5.41, 5.74) is 1.43. The van der Waals surface area contributed by atoms with E-state index >= 15 is 0 Å². The van der Waals surface area contributed by atoms with Gasteiger partial charge >= 0.3 is 12.0 Å². The predicted octanol–water partition coefficient (Wildman–Crippen LogP) is 2.24. The van der Waals surface area contributed by atoms with Crippen LogP contribution in [0.1, 0.15) is 28.8 Å². The number of ether oxygens (including phenoxy) is 1. The van der Waals surface area contributed by atoms with Crippen LogP contribution in [0.2, 0.25) is 0 Å². The standard InChI is InChI=1S/C15H20N2O4/c1-10-8-12(2-3-13(10)14(18)19)17-15(20)16-6-4-11-5-7-21-9-11/h2-3,8,11H,4-7,9H2,1H3,(H,18,19)(H2,16,17,20). The van der Waals surface area contributed by atoms with Crippen molar-refractivity contribution in [2.75, 3.05) is 25.1 Å². The Labute approximate surface area is 123 Å². The van der Waals surface area contributed by atoms with Crippen molar-refractivity contribution in [3.8, 4) is 0 Å². The van der Waals surface area contributed by atoms with Crippen molar-refractivity contribution in [1.29, 1.82) is 0 Å². The third kappa shape index (κ3) is 4.46. The van der Waals surface area contributed by atoms with Crippen LogP contribution >= 0.6 is 0 Å². The minimum absolute atomic E-state index is 0.238. The van der Waals surface area contributed by atoms with Crippen LogP contribution < -0.4 is 10.6 Å². The van der Waals surface area contributed by atoms with Gasteiger partial charge < -0.3 is 20.5 Å². The van der Waals surface area contributed by atoms with Crippen molar-refractivity contribution in [2.24, 2.45) is 5.92 Å². The van der Waals surface area contributed by atoms with Crippen molar-refractivity contribution in [3.63, 3.8) is 0 Å². The molecule has 0 bridgehead atoms. The number of rotatable bonds is 5. The van der Waals surface area contributed by atoms with Crippen LogP contribution in [0.4, 0.5) is 10.5 Å². The molecule has 1 aliphatic heterocycles. The molecule has 1 fully saturated rings. The molecule has 6 nitrogen and oxygen atoms in total. The molecular weight excluding hydrogens is 272 g/mol. The minimum atomic E-state index is -0.970. The highest BCUT2D eigenvalue weighted by molar-refractivity contribution is 5.92. The number of hydrogen-bond acceptors (Lipinski definition) is 3. The van der Waals surface area contributed by atoms with E-state index in [-0.39, 0.29) is 11.6 Å². The maximum absolute atomic E-state index is 11.7. The second kappa shape index (κ2) is 7.08. The van der Waals surface area contributed by atoms with E-state index < -0.39 is 5.97 Å². The van der Waals surface area contributed by atoms with E-state index in [0.29, 0.717) is 23.7 Å². The first kappa shape index (κ1) is 15.3. The number of urea groups is 1. The Kier molecular flexibility index (Phi) is 5.16. The van der Waals surface area contributed by atoms with Gasteiger partial charge in [-0.05, 0) is 49.4 Å². The van der Waals surface area contributed by atoms with Crippen LogP contribution in [0.3, 0.4) is 0 Å². The Morgan fingerprint density at radius 2 is 2.24 bits per heavy atom. The molecule has 1 aromatic carbocycles. The molecule has 1 aromatic rings. The molecule has 0 aliphatic carbocycles. The maximum Gasteiger partial charge on any atom is 0.335 e. The summed E-state index contributed by atoms with van der Waals surface area (Å²) in [7, 11) is 0. The fourth-order valence-electron chi connectivity index (χ4n) is 2.36. The smallest absolute Gasteiger partial charge is 0.335 e. The Balaban J connectivity index is 1.79. The zero-order valence-electron chi connectivity index (χ0n) is 12.0. The van der Waals surface area contributed by atoms with Gasteiger partial charge in [-0.1, -0.05) is 0 Å². The van der Waals surface area contributed by atoms with E-state index in [4.69, 9.17) is 9.84 Å². The van der Waals surface area contributed by atoms with Crippen LogP contribution in [0.25, 0.3) is 0 Å². The first-order valence-electron chi connectivity index (χ1n) is 7.03. The summed E-state index contributed by atoms with van der Waals surface area (Å²) in [6.45, 7) is 3.89. The highest BCUT2D eigenvalue weighted by atomic mass is 16.5. The Morgan fingerprint density at radius 1 is 1.43 bits per heavy atom. The zero-order valence-corrected chi connectivity index (χ0v) is 12.0. The largest absolute Gasteiger partial charge is 0.478 e. The van der Waals surface area contributed by atoms with Gasteiger partial charge in [-0.2, -0.15) is 0 Å². The molecule has 1 atom stereocenters. The molecule has 3 N–H and O–H groups in total. The van der Waals surface area contributed by atoms with Gasteiger partial charge in [0.15, 0.2) is 0 Å². The lowest BCUT2D eigenvalue weighted by molar-refractivity contribution is 0.0696. The number of nitrogens with one attached hydrogen (secondary N) is 2. The van der Waals surface area contributed by atoms with Crippen LogP contribution in [0.5, 0.6) is 0 Å². The first-order valence-corrected chi connectivity index (χ1v) is 7.03. The molecule has 1 saturated heterocycles. The molecular formula is C15H20N2O4. The van der Waals surface area contributed by atoms with Crippen LogP contribution in [0.15, 0.2) is 18.2 Å². The van der Waals surface area contributed by atoms with Crippen molar-refractivity contribution in [3.05, 3.63) is 29.3 Å². The van der Waals surface area contributed by atoms with Gasteiger partial charge in [-0.3, -0.25) is 0 Å². The van der Waals surface area contributed by atoms with Gasteiger partial charge in [0, 0.05) is 25.4 Å². The maximum atomic E-state index is 11.7. The third-order valence-electron chi connectivity index (χ3n) is 3.58. The molecule has 0 saturated carbocycles. The summed E-state index contributed by atoms with van der Waals surface area (Å²) in [4.78, 5) is 22.7. The van der Waals surface area contributed by atoms with E-state index in [9.17, 15) is 9.59 Å². The molecule has 6 heteroatoms. The lowest BCUT2D eigenvalue weighted by Crippen LogP contribution is -2.30. The highest BCUT2D eigenvalue weighted by Gasteiger charge is 2.15. The fourth-order valence-corrected chi connectivity index (χ4v) is 2.36. The number of aryl methyl sites for hydroxylation is 1. The summed E-state index contributed by atoms with van der Waals surface area (Å²) in [6, 6.07) is 4.44. The molecule has 2 amide bonds. The van der Waals surface area contributed by atoms with E-state index in [2.05, 4.69) is 10.6 Å². The van der Waals surface area contributed by atoms with Gasteiger partial charge in [0.1, 0.15) is 0 Å². The van der Waals surface area contributed by atoms with Gasteiger partial charge in [0.2, 0.25) is 0 Å². The summed E-state index contributed by atoms with van der Waals surface area (Å²) >= 11 is 0. The molecule has 0 spiro atoms. The van der Waals surface area contributed by atoms with Crippen LogP contribution in [-0.2, 0) is 4.74 Å². The van der Waals surface area contributed by atoms with E-state index in [0.717, 1.165) is 26.1 Å². The van der Waals surface area contributed by atoms with Crippen molar-refractivity contribution < 1.29 is 19.4 Å². The first-order chi connectivity index (χ1) is 10.1. The summed E-state index contributed by atoms with van der Waals surface area (Å²) < 4.78 is 5.28. The highest BCUT2D eigenvalue weighted by Crippen LogP contribution is 2.16. The molecule has 1 aliphatic rings. The van der Waals surface area contributed by atoms with Crippen molar-refractivity contribution >= 4 is 17.7 Å². The number of benzene rings is 1. The quantitative estimate of drug-likeness (QED) is 0.776. The SMILES string of the molecule is Cc1cc(NC(=O)NCCC2CCOC2)ccc1C(=O)O. The number of carboxylic acids is 1. The number of anilines is 1. The zero-order chi connectivity index (χ0) is 15.2. The fraction of sp³-hybridized carbons (Fsp3) is 0.467. The van der Waals surface area contributed by atoms with Crippen LogP contribution in [0, 0.1) is 12.8 Å². The Morgan fingerprint density at radius 3 is 2.86 bits per heavy atom. The number of amides is 2. The normalized spacial score (nSPS) is 17.5. The Hall–Kier alpha value is -2.08. The lowest BCUT2D eigenvalue weighted by Gasteiger charge is -2.11. The second-order valence-corrected chi connectivity index (χ2v) is 5.23. The van der Waals surface area contributed by atoms with Crippen LogP contribution in [-0.4, -0.2) is 36.9 Å².